The fourth-order valence-corrected chi connectivity index (χ4v) is 9.06. The molecule has 0 aliphatic carbocycles. The molecular formula is C47H30BN5. The second-order valence-corrected chi connectivity index (χ2v) is 14.0. The van der Waals surface area contributed by atoms with Crippen molar-refractivity contribution in [2.24, 2.45) is 0 Å². The monoisotopic (exact) mass is 675 g/mol. The zero-order valence-corrected chi connectivity index (χ0v) is 28.6. The normalized spacial score (nSPS) is 13.4. The highest BCUT2D eigenvalue weighted by molar-refractivity contribution is 6.69. The Morgan fingerprint density at radius 2 is 1.02 bits per heavy atom. The molecule has 12 rings (SSSR count). The van der Waals surface area contributed by atoms with E-state index < -0.39 is 0 Å². The average Bonchev–Trinajstić information content (AvgIpc) is 3.88. The highest BCUT2D eigenvalue weighted by atomic mass is 15.2. The number of imidazole rings is 1. The van der Waals surface area contributed by atoms with E-state index in [1.165, 1.54) is 49.4 Å². The van der Waals surface area contributed by atoms with Crippen molar-refractivity contribution >= 4 is 67.3 Å². The van der Waals surface area contributed by atoms with Gasteiger partial charge in [-0.3, -0.25) is 0 Å². The predicted octanol–water partition coefficient (Wildman–Crippen LogP) is 11.3. The number of para-hydroxylation sites is 5. The number of hydrogen-bond donors (Lipinski definition) is 0. The Labute approximate surface area is 305 Å². The number of aromatic nitrogens is 4. The Bertz CT molecular complexity index is 3160. The standard InChI is InChI=1S/C47H30BN5/c1-2-19-37-32(14-1)33-15-3-7-20-39(33)50-29-12-11-28-48(50)53-45-25-13-24-44(46(45)49-47(37)53)52-42-23-10-6-18-36(42)38-30-31(26-27-43(38)52)51-40-21-8-4-16-34(40)35-17-5-9-22-41(35)51/h1-30H. The molecule has 0 saturated heterocycles. The number of rotatable bonds is 2. The Kier molecular flexibility index (Phi) is 5.80. The minimum Gasteiger partial charge on any atom is -0.368 e. The molecule has 5 nitrogen and oxygen atoms in total. The van der Waals surface area contributed by atoms with Crippen LogP contribution < -0.4 is 4.81 Å². The van der Waals surface area contributed by atoms with Crippen LogP contribution in [0.15, 0.2) is 182 Å². The first kappa shape index (κ1) is 28.6. The van der Waals surface area contributed by atoms with Gasteiger partial charge in [0.05, 0.1) is 33.3 Å². The molecule has 0 saturated carbocycles. The van der Waals surface area contributed by atoms with Crippen LogP contribution in [-0.4, -0.2) is 25.6 Å². The Morgan fingerprint density at radius 3 is 1.79 bits per heavy atom. The van der Waals surface area contributed by atoms with Crippen molar-refractivity contribution in [3.8, 4) is 33.9 Å². The largest absolute Gasteiger partial charge is 0.413 e. The lowest BCUT2D eigenvalue weighted by molar-refractivity contribution is 1.16. The smallest absolute Gasteiger partial charge is 0.368 e. The molecule has 0 spiro atoms. The molecule has 0 bridgehead atoms. The van der Waals surface area contributed by atoms with E-state index in [4.69, 9.17) is 4.98 Å². The van der Waals surface area contributed by atoms with Crippen LogP contribution in [0.2, 0.25) is 0 Å². The number of benzene rings is 7. The fraction of sp³-hybridized carbons (Fsp3) is 0. The molecule has 7 aromatic carbocycles. The van der Waals surface area contributed by atoms with Crippen molar-refractivity contribution in [2.75, 3.05) is 4.81 Å². The van der Waals surface area contributed by atoms with Crippen molar-refractivity contribution in [3.63, 3.8) is 0 Å². The first-order valence-corrected chi connectivity index (χ1v) is 18.2. The summed E-state index contributed by atoms with van der Waals surface area (Å²) >= 11 is 0. The van der Waals surface area contributed by atoms with Crippen molar-refractivity contribution in [1.29, 1.82) is 0 Å². The van der Waals surface area contributed by atoms with Crippen molar-refractivity contribution in [1.82, 2.24) is 18.6 Å². The van der Waals surface area contributed by atoms with Gasteiger partial charge in [-0.15, -0.1) is 0 Å². The molecule has 2 aliphatic heterocycles. The number of fused-ring (bicyclic) bond motifs is 16. The quantitative estimate of drug-likeness (QED) is 0.171. The third-order valence-electron chi connectivity index (χ3n) is 11.3. The summed E-state index contributed by atoms with van der Waals surface area (Å²) in [6, 6.07) is 57.2. The zero-order valence-electron chi connectivity index (χ0n) is 28.6. The van der Waals surface area contributed by atoms with Gasteiger partial charge in [0.1, 0.15) is 11.3 Å². The van der Waals surface area contributed by atoms with Gasteiger partial charge in [0, 0.05) is 44.0 Å². The second kappa shape index (κ2) is 10.7. The summed E-state index contributed by atoms with van der Waals surface area (Å²) in [6.07, 6.45) is 6.47. The van der Waals surface area contributed by atoms with Crippen molar-refractivity contribution in [2.45, 2.75) is 0 Å². The average molecular weight is 676 g/mol. The van der Waals surface area contributed by atoms with Gasteiger partial charge in [-0.1, -0.05) is 115 Å². The van der Waals surface area contributed by atoms with Crippen LogP contribution in [0.5, 0.6) is 0 Å². The summed E-state index contributed by atoms with van der Waals surface area (Å²) in [6.45, 7) is -0.0864. The maximum atomic E-state index is 5.61. The maximum Gasteiger partial charge on any atom is 0.413 e. The molecule has 10 aromatic rings. The molecule has 53 heavy (non-hydrogen) atoms. The number of nitrogens with zero attached hydrogens (tertiary/aromatic N) is 5. The molecule has 0 fully saturated rings. The molecule has 0 amide bonds. The van der Waals surface area contributed by atoms with Crippen LogP contribution >= 0.6 is 0 Å². The summed E-state index contributed by atoms with van der Waals surface area (Å²) < 4.78 is 7.24. The molecule has 0 N–H and O–H groups in total. The molecular weight excluding hydrogens is 645 g/mol. The third-order valence-corrected chi connectivity index (χ3v) is 11.3. The molecule has 0 atom stereocenters. The van der Waals surface area contributed by atoms with E-state index in [0.29, 0.717) is 0 Å². The van der Waals surface area contributed by atoms with E-state index >= 15 is 0 Å². The molecule has 6 heteroatoms. The lowest BCUT2D eigenvalue weighted by atomic mass is 9.69. The first-order valence-electron chi connectivity index (χ1n) is 18.2. The molecule has 3 aromatic heterocycles. The van der Waals surface area contributed by atoms with E-state index in [1.54, 1.807) is 0 Å². The van der Waals surface area contributed by atoms with E-state index in [0.717, 1.165) is 44.8 Å². The van der Waals surface area contributed by atoms with Crippen LogP contribution in [-0.2, 0) is 0 Å². The molecule has 0 unspecified atom stereocenters. The van der Waals surface area contributed by atoms with Gasteiger partial charge in [0.2, 0.25) is 0 Å². The lowest BCUT2D eigenvalue weighted by Crippen LogP contribution is -2.43. The van der Waals surface area contributed by atoms with Crippen LogP contribution in [0.3, 0.4) is 0 Å². The molecule has 5 heterocycles. The summed E-state index contributed by atoms with van der Waals surface area (Å²) in [7, 11) is 0. The van der Waals surface area contributed by atoms with Crippen molar-refractivity contribution < 1.29 is 0 Å². The highest BCUT2D eigenvalue weighted by Gasteiger charge is 2.34. The van der Waals surface area contributed by atoms with E-state index in [9.17, 15) is 0 Å². The topological polar surface area (TPSA) is 30.9 Å². The number of allylic oxidation sites excluding steroid dienone is 2. The highest BCUT2D eigenvalue weighted by Crippen LogP contribution is 2.44. The lowest BCUT2D eigenvalue weighted by Gasteiger charge is -2.33. The van der Waals surface area contributed by atoms with E-state index in [1.807, 2.05) is 0 Å². The number of anilines is 1. The maximum absolute atomic E-state index is 5.61. The summed E-state index contributed by atoms with van der Waals surface area (Å²) in [5.41, 5.74) is 13.7. The van der Waals surface area contributed by atoms with Gasteiger partial charge in [-0.2, -0.15) is 0 Å². The number of hydrogen-bond acceptors (Lipinski definition) is 2. The van der Waals surface area contributed by atoms with E-state index in [-0.39, 0.29) is 6.98 Å². The van der Waals surface area contributed by atoms with Crippen LogP contribution in [0.25, 0.3) is 88.5 Å². The second-order valence-electron chi connectivity index (χ2n) is 14.0. The first-order chi connectivity index (χ1) is 26.3. The van der Waals surface area contributed by atoms with Crippen molar-refractivity contribution in [3.05, 3.63) is 182 Å². The van der Waals surface area contributed by atoms with Gasteiger partial charge < -0.3 is 18.4 Å². The Morgan fingerprint density at radius 1 is 0.434 bits per heavy atom. The van der Waals surface area contributed by atoms with Gasteiger partial charge in [0.25, 0.3) is 0 Å². The van der Waals surface area contributed by atoms with E-state index in [2.05, 4.69) is 200 Å². The predicted molar refractivity (Wildman–Crippen MR) is 221 cm³/mol. The van der Waals surface area contributed by atoms with Crippen LogP contribution in [0, 0.1) is 0 Å². The van der Waals surface area contributed by atoms with Gasteiger partial charge in [-0.25, -0.2) is 4.98 Å². The van der Waals surface area contributed by atoms with Crippen LogP contribution in [0.4, 0.5) is 5.69 Å². The minimum absolute atomic E-state index is 0.0864. The fourth-order valence-electron chi connectivity index (χ4n) is 9.06. The van der Waals surface area contributed by atoms with Gasteiger partial charge in [-0.05, 0) is 72.4 Å². The summed E-state index contributed by atoms with van der Waals surface area (Å²) in [5, 5.41) is 4.95. The minimum atomic E-state index is -0.0864. The summed E-state index contributed by atoms with van der Waals surface area (Å²) in [5.74, 6) is 3.24. The Balaban J connectivity index is 1.14. The molecule has 2 aliphatic rings. The Hall–Kier alpha value is -7.05. The molecule has 246 valence electrons. The molecule has 0 radical (unpaired) electrons. The van der Waals surface area contributed by atoms with Gasteiger partial charge >= 0.3 is 6.98 Å². The SMILES string of the molecule is C1=CB2N(C=C1)c1ccccc1-c1ccccc1-c1nc3c(-n4c5ccccc5c5cc(-n6c7ccccc7c7ccccc76)ccc54)cccc3n12. The zero-order chi connectivity index (χ0) is 34.6. The third kappa shape index (κ3) is 3.89. The summed E-state index contributed by atoms with van der Waals surface area (Å²) in [4.78, 5) is 7.98. The van der Waals surface area contributed by atoms with Crippen LogP contribution in [0.1, 0.15) is 0 Å². The van der Waals surface area contributed by atoms with Gasteiger partial charge in [0.15, 0.2) is 0 Å².